The largest absolute Gasteiger partial charge is 0.512 e. The van der Waals surface area contributed by atoms with E-state index in [1.54, 1.807) is 0 Å². The summed E-state index contributed by atoms with van der Waals surface area (Å²) in [5.74, 6) is 0.988. The number of ketones is 1. The third kappa shape index (κ3) is 4.35. The first-order chi connectivity index (χ1) is 7.77. The maximum atomic E-state index is 11.9. The van der Waals surface area contributed by atoms with Crippen molar-refractivity contribution in [3.8, 4) is 0 Å². The van der Waals surface area contributed by atoms with Crippen LogP contribution in [-0.4, -0.2) is 10.9 Å². The summed E-state index contributed by atoms with van der Waals surface area (Å²) in [5, 5.41) is 9.89. The van der Waals surface area contributed by atoms with E-state index < -0.39 is 0 Å². The van der Waals surface area contributed by atoms with E-state index in [1.165, 1.54) is 38.2 Å². The Hall–Kier alpha value is 0.0931. The van der Waals surface area contributed by atoms with Crippen molar-refractivity contribution in [3.05, 3.63) is 11.8 Å². The smallest absolute Gasteiger partial charge is 0.162 e. The molecule has 0 unspecified atom stereocenters. The van der Waals surface area contributed by atoms with E-state index in [0.29, 0.717) is 5.76 Å². The summed E-state index contributed by atoms with van der Waals surface area (Å²) in [5.41, 5.74) is 0. The fourth-order valence-corrected chi connectivity index (χ4v) is 2.99. The predicted octanol–water partition coefficient (Wildman–Crippen LogP) is 3.77. The molecule has 17 heavy (non-hydrogen) atoms. The fourth-order valence-electron chi connectivity index (χ4n) is 2.99. The Balaban J connectivity index is 0.00000144. The van der Waals surface area contributed by atoms with Crippen molar-refractivity contribution in [1.29, 1.82) is 0 Å². The number of allylic oxidation sites excluding steroid dienone is 2. The molecule has 0 spiro atoms. The van der Waals surface area contributed by atoms with Crippen LogP contribution in [0.1, 0.15) is 57.8 Å². The Bertz CT molecular complexity index is 274. The first kappa shape index (κ1) is 15.2. The zero-order valence-corrected chi connectivity index (χ0v) is 12.9. The van der Waals surface area contributed by atoms with Gasteiger partial charge in [-0.05, 0) is 25.7 Å². The molecule has 2 saturated carbocycles. The van der Waals surface area contributed by atoms with Gasteiger partial charge in [0.1, 0.15) is 0 Å². The maximum absolute atomic E-state index is 11.9. The van der Waals surface area contributed by atoms with E-state index in [0.717, 1.165) is 25.7 Å². The molecule has 2 aliphatic rings. The summed E-state index contributed by atoms with van der Waals surface area (Å²) in [6, 6.07) is 0. The first-order valence-corrected chi connectivity index (χ1v) is 6.72. The van der Waals surface area contributed by atoms with Crippen molar-refractivity contribution >= 4 is 5.78 Å². The average Bonchev–Trinajstić information content (AvgIpc) is 2.83. The van der Waals surface area contributed by atoms with Gasteiger partial charge >= 0.3 is 0 Å². The Morgan fingerprint density at radius 1 is 0.882 bits per heavy atom. The van der Waals surface area contributed by atoms with Crippen LogP contribution in [0.25, 0.3) is 0 Å². The average molecular weight is 314 g/mol. The summed E-state index contributed by atoms with van der Waals surface area (Å²) in [6.45, 7) is 0. The van der Waals surface area contributed by atoms with Crippen LogP contribution >= 0.6 is 0 Å². The van der Waals surface area contributed by atoms with Gasteiger partial charge in [-0.1, -0.05) is 32.1 Å². The SMILES string of the molecule is O=C(/C=C(\O)C1CCCC1)C1CCCCC1.[Zr]. The standard InChI is InChI=1S/C14H22O2.Zr/c15-13(11-6-2-1-3-7-11)10-14(16)12-8-4-5-9-12;/h10-12,16H,1-9H2;/b14-10-;. The second-order valence-electron chi connectivity index (χ2n) is 5.29. The van der Waals surface area contributed by atoms with E-state index in [1.807, 2.05) is 0 Å². The summed E-state index contributed by atoms with van der Waals surface area (Å²) in [6.07, 6.45) is 11.7. The second-order valence-corrected chi connectivity index (χ2v) is 5.29. The molecule has 2 nitrogen and oxygen atoms in total. The summed E-state index contributed by atoms with van der Waals surface area (Å²) in [7, 11) is 0. The molecule has 0 aromatic rings. The number of carbonyl (C=O) groups excluding carboxylic acids is 1. The number of hydrogen-bond donors (Lipinski definition) is 1. The van der Waals surface area contributed by atoms with Gasteiger partial charge in [0.15, 0.2) is 5.78 Å². The molecule has 2 fully saturated rings. The molecule has 2 rings (SSSR count). The normalized spacial score (nSPS) is 23.4. The van der Waals surface area contributed by atoms with Gasteiger partial charge in [-0.15, -0.1) is 0 Å². The molecule has 0 atom stereocenters. The van der Waals surface area contributed by atoms with Crippen LogP contribution in [0.2, 0.25) is 0 Å². The van der Waals surface area contributed by atoms with E-state index in [2.05, 4.69) is 0 Å². The number of rotatable bonds is 3. The molecule has 94 valence electrons. The zero-order chi connectivity index (χ0) is 11.4. The molecule has 0 bridgehead atoms. The van der Waals surface area contributed by atoms with E-state index in [9.17, 15) is 9.90 Å². The van der Waals surface area contributed by atoms with Crippen LogP contribution in [0.15, 0.2) is 11.8 Å². The summed E-state index contributed by atoms with van der Waals surface area (Å²) in [4.78, 5) is 11.9. The molecule has 0 aromatic heterocycles. The van der Waals surface area contributed by atoms with Gasteiger partial charge in [0.05, 0.1) is 5.76 Å². The number of hydrogen-bond acceptors (Lipinski definition) is 2. The van der Waals surface area contributed by atoms with Gasteiger partial charge in [0.25, 0.3) is 0 Å². The molecule has 0 radical (unpaired) electrons. The van der Waals surface area contributed by atoms with Crippen LogP contribution in [0, 0.1) is 11.8 Å². The van der Waals surface area contributed by atoms with E-state index in [-0.39, 0.29) is 43.8 Å². The van der Waals surface area contributed by atoms with Gasteiger partial charge in [0.2, 0.25) is 0 Å². The molecule has 0 aliphatic heterocycles. The molecule has 0 amide bonds. The van der Waals surface area contributed by atoms with Crippen molar-refractivity contribution in [3.63, 3.8) is 0 Å². The van der Waals surface area contributed by atoms with E-state index in [4.69, 9.17) is 0 Å². The minimum Gasteiger partial charge on any atom is -0.512 e. The fraction of sp³-hybridized carbons (Fsp3) is 0.786. The van der Waals surface area contributed by atoms with Crippen LogP contribution in [0.5, 0.6) is 0 Å². The molecule has 1 N–H and O–H groups in total. The third-order valence-electron chi connectivity index (χ3n) is 4.07. The minimum atomic E-state index is 0. The topological polar surface area (TPSA) is 37.3 Å². The van der Waals surface area contributed by atoms with Crippen LogP contribution < -0.4 is 0 Å². The van der Waals surface area contributed by atoms with Crippen molar-refractivity contribution < 1.29 is 36.1 Å². The monoisotopic (exact) mass is 312 g/mol. The molecule has 2 aliphatic carbocycles. The van der Waals surface area contributed by atoms with Gasteiger partial charge in [-0.25, -0.2) is 0 Å². The van der Waals surface area contributed by atoms with Crippen molar-refractivity contribution in [2.24, 2.45) is 11.8 Å². The number of aliphatic hydroxyl groups excluding tert-OH is 1. The zero-order valence-electron chi connectivity index (χ0n) is 10.5. The van der Waals surface area contributed by atoms with Crippen molar-refractivity contribution in [1.82, 2.24) is 0 Å². The van der Waals surface area contributed by atoms with Gasteiger partial charge < -0.3 is 5.11 Å². The predicted molar refractivity (Wildman–Crippen MR) is 64.3 cm³/mol. The second kappa shape index (κ2) is 7.51. The van der Waals surface area contributed by atoms with Crippen molar-refractivity contribution in [2.45, 2.75) is 57.8 Å². The Morgan fingerprint density at radius 2 is 1.35 bits per heavy atom. The molecule has 0 saturated heterocycles. The summed E-state index contributed by atoms with van der Waals surface area (Å²) < 4.78 is 0. The van der Waals surface area contributed by atoms with Crippen LogP contribution in [0.4, 0.5) is 0 Å². The van der Waals surface area contributed by atoms with Crippen molar-refractivity contribution in [2.75, 3.05) is 0 Å². The number of aliphatic hydroxyl groups is 1. The van der Waals surface area contributed by atoms with Gasteiger partial charge in [-0.3, -0.25) is 4.79 Å². The Kier molecular flexibility index (Phi) is 6.69. The van der Waals surface area contributed by atoms with Crippen LogP contribution in [-0.2, 0) is 31.0 Å². The molecule has 3 heteroatoms. The molecular formula is C14H22O2Zr. The quantitative estimate of drug-likeness (QED) is 0.636. The summed E-state index contributed by atoms with van der Waals surface area (Å²) >= 11 is 0. The Morgan fingerprint density at radius 3 is 1.94 bits per heavy atom. The van der Waals surface area contributed by atoms with Crippen LogP contribution in [0.3, 0.4) is 0 Å². The Labute approximate surface area is 123 Å². The van der Waals surface area contributed by atoms with Gasteiger partial charge in [-0.2, -0.15) is 0 Å². The number of carbonyl (C=O) groups is 1. The first-order valence-electron chi connectivity index (χ1n) is 6.72. The van der Waals surface area contributed by atoms with Gasteiger partial charge in [0, 0.05) is 44.1 Å². The third-order valence-corrected chi connectivity index (χ3v) is 4.07. The molecule has 0 aromatic carbocycles. The molecule has 0 heterocycles. The van der Waals surface area contributed by atoms with E-state index >= 15 is 0 Å². The molecular weight excluding hydrogens is 291 g/mol. The minimum absolute atomic E-state index is 0. The maximum Gasteiger partial charge on any atom is 0.162 e.